The molecule has 0 aliphatic carbocycles. The summed E-state index contributed by atoms with van der Waals surface area (Å²) in [6.07, 6.45) is 7.68. The number of hydrogen-bond acceptors (Lipinski definition) is 2. The number of benzene rings is 1. The monoisotopic (exact) mass is 297 g/mol. The van der Waals surface area contributed by atoms with Crippen LogP contribution in [0.15, 0.2) is 18.2 Å². The first kappa shape index (κ1) is 17.3. The lowest BCUT2D eigenvalue weighted by Gasteiger charge is -2.20. The molecule has 1 N–H and O–H groups in total. The minimum absolute atomic E-state index is 0.347. The van der Waals surface area contributed by atoms with Crippen LogP contribution in [0.3, 0.4) is 0 Å². The van der Waals surface area contributed by atoms with Crippen LogP contribution in [0.25, 0.3) is 0 Å². The van der Waals surface area contributed by atoms with Gasteiger partial charge in [0.1, 0.15) is 5.75 Å². The second kappa shape index (κ2) is 10.1. The maximum absolute atomic E-state index is 6.38. The van der Waals surface area contributed by atoms with Crippen LogP contribution in [0.4, 0.5) is 0 Å². The first-order chi connectivity index (χ1) is 9.72. The molecule has 2 nitrogen and oxygen atoms in total. The lowest BCUT2D eigenvalue weighted by molar-refractivity contribution is 0.414. The molecule has 114 valence electrons. The van der Waals surface area contributed by atoms with E-state index in [0.29, 0.717) is 6.04 Å². The third-order valence-corrected chi connectivity index (χ3v) is 3.96. The van der Waals surface area contributed by atoms with E-state index in [9.17, 15) is 0 Å². The highest BCUT2D eigenvalue weighted by molar-refractivity contribution is 6.31. The van der Waals surface area contributed by atoms with Gasteiger partial charge in [-0.2, -0.15) is 0 Å². The normalized spacial score (nSPS) is 12.4. The van der Waals surface area contributed by atoms with Gasteiger partial charge in [-0.1, -0.05) is 63.6 Å². The summed E-state index contributed by atoms with van der Waals surface area (Å²) in [5, 5.41) is 4.34. The molecule has 0 radical (unpaired) electrons. The minimum Gasteiger partial charge on any atom is -0.497 e. The predicted octanol–water partition coefficient (Wildman–Crippen LogP) is 5.36. The number of ether oxygens (including phenoxy) is 1. The summed E-state index contributed by atoms with van der Waals surface area (Å²) in [5.41, 5.74) is 1.19. The summed E-state index contributed by atoms with van der Waals surface area (Å²) in [7, 11) is 1.67. The topological polar surface area (TPSA) is 21.3 Å². The van der Waals surface area contributed by atoms with Crippen LogP contribution < -0.4 is 10.1 Å². The van der Waals surface area contributed by atoms with E-state index in [0.717, 1.165) is 23.7 Å². The Labute approximate surface area is 128 Å². The molecule has 0 saturated heterocycles. The highest BCUT2D eigenvalue weighted by atomic mass is 35.5. The molecule has 0 amide bonds. The average Bonchev–Trinajstić information content (AvgIpc) is 2.46. The fourth-order valence-corrected chi connectivity index (χ4v) is 2.79. The standard InChI is InChI=1S/C17H28ClNO/c1-4-6-7-8-9-10-17(19-5-2)15-12-11-14(20-3)13-16(15)18/h11-13,17,19H,4-10H2,1-3H3. The molecule has 0 saturated carbocycles. The second-order valence-electron chi connectivity index (χ2n) is 5.20. The SMILES string of the molecule is CCCCCCCC(NCC)c1ccc(OC)cc1Cl. The molecule has 20 heavy (non-hydrogen) atoms. The fourth-order valence-electron chi connectivity index (χ4n) is 2.48. The summed E-state index contributed by atoms with van der Waals surface area (Å²) in [4.78, 5) is 0. The number of nitrogens with one attached hydrogen (secondary N) is 1. The summed E-state index contributed by atoms with van der Waals surface area (Å²) in [6.45, 7) is 5.35. The Hall–Kier alpha value is -0.730. The lowest BCUT2D eigenvalue weighted by atomic mass is 9.99. The molecule has 1 aromatic carbocycles. The van der Waals surface area contributed by atoms with Crippen molar-refractivity contribution in [2.75, 3.05) is 13.7 Å². The van der Waals surface area contributed by atoms with Crippen molar-refractivity contribution < 1.29 is 4.74 Å². The Morgan fingerprint density at radius 3 is 2.50 bits per heavy atom. The average molecular weight is 298 g/mol. The molecular formula is C17H28ClNO. The van der Waals surface area contributed by atoms with Crippen LogP contribution in [0.2, 0.25) is 5.02 Å². The largest absolute Gasteiger partial charge is 0.497 e. The van der Waals surface area contributed by atoms with Crippen LogP contribution in [-0.2, 0) is 0 Å². The smallest absolute Gasteiger partial charge is 0.120 e. The van der Waals surface area contributed by atoms with Crippen molar-refractivity contribution in [2.24, 2.45) is 0 Å². The molecule has 0 aliphatic rings. The van der Waals surface area contributed by atoms with Crippen molar-refractivity contribution in [1.82, 2.24) is 5.32 Å². The van der Waals surface area contributed by atoms with Crippen LogP contribution in [0, 0.1) is 0 Å². The number of methoxy groups -OCH3 is 1. The maximum atomic E-state index is 6.38. The van der Waals surface area contributed by atoms with Gasteiger partial charge >= 0.3 is 0 Å². The van der Waals surface area contributed by atoms with Crippen molar-refractivity contribution >= 4 is 11.6 Å². The molecule has 1 aromatic rings. The number of halogens is 1. The van der Waals surface area contributed by atoms with Gasteiger partial charge in [-0.15, -0.1) is 0 Å². The van der Waals surface area contributed by atoms with Crippen LogP contribution in [-0.4, -0.2) is 13.7 Å². The van der Waals surface area contributed by atoms with Crippen molar-refractivity contribution in [2.45, 2.75) is 58.4 Å². The Morgan fingerprint density at radius 1 is 1.15 bits per heavy atom. The number of rotatable bonds is 10. The third-order valence-electron chi connectivity index (χ3n) is 3.63. The van der Waals surface area contributed by atoms with Gasteiger partial charge < -0.3 is 10.1 Å². The zero-order chi connectivity index (χ0) is 14.8. The second-order valence-corrected chi connectivity index (χ2v) is 5.61. The van der Waals surface area contributed by atoms with Crippen LogP contribution in [0.1, 0.15) is 64.0 Å². The van der Waals surface area contributed by atoms with Gasteiger partial charge in [0.15, 0.2) is 0 Å². The van der Waals surface area contributed by atoms with E-state index in [1.54, 1.807) is 7.11 Å². The highest BCUT2D eigenvalue weighted by Crippen LogP contribution is 2.30. The molecule has 1 atom stereocenters. The van der Waals surface area contributed by atoms with E-state index in [2.05, 4.69) is 25.2 Å². The zero-order valence-electron chi connectivity index (χ0n) is 13.0. The van der Waals surface area contributed by atoms with Gasteiger partial charge in [-0.3, -0.25) is 0 Å². The predicted molar refractivity (Wildman–Crippen MR) is 87.8 cm³/mol. The van der Waals surface area contributed by atoms with E-state index in [1.165, 1.54) is 37.7 Å². The number of unbranched alkanes of at least 4 members (excludes halogenated alkanes) is 4. The molecule has 0 heterocycles. The molecular weight excluding hydrogens is 270 g/mol. The fraction of sp³-hybridized carbons (Fsp3) is 0.647. The van der Waals surface area contributed by atoms with Crippen LogP contribution >= 0.6 is 11.6 Å². The van der Waals surface area contributed by atoms with E-state index in [1.807, 2.05) is 12.1 Å². The van der Waals surface area contributed by atoms with E-state index >= 15 is 0 Å². The van der Waals surface area contributed by atoms with Gasteiger partial charge in [0, 0.05) is 11.1 Å². The van der Waals surface area contributed by atoms with Gasteiger partial charge in [0.25, 0.3) is 0 Å². The molecule has 3 heteroatoms. The van der Waals surface area contributed by atoms with Crippen molar-refractivity contribution in [3.8, 4) is 5.75 Å². The first-order valence-electron chi connectivity index (χ1n) is 7.79. The summed E-state index contributed by atoms with van der Waals surface area (Å²) in [6, 6.07) is 6.32. The third kappa shape index (κ3) is 5.72. The maximum Gasteiger partial charge on any atom is 0.120 e. The molecule has 0 bridgehead atoms. The molecule has 0 aromatic heterocycles. The van der Waals surface area contributed by atoms with Gasteiger partial charge in [-0.05, 0) is 30.7 Å². The lowest BCUT2D eigenvalue weighted by Crippen LogP contribution is -2.21. The minimum atomic E-state index is 0.347. The van der Waals surface area contributed by atoms with Gasteiger partial charge in [0.2, 0.25) is 0 Å². The summed E-state index contributed by atoms with van der Waals surface area (Å²) >= 11 is 6.38. The first-order valence-corrected chi connectivity index (χ1v) is 8.17. The summed E-state index contributed by atoms with van der Waals surface area (Å²) < 4.78 is 5.21. The van der Waals surface area contributed by atoms with Crippen molar-refractivity contribution in [3.05, 3.63) is 28.8 Å². The molecule has 0 spiro atoms. The molecule has 1 unspecified atom stereocenters. The van der Waals surface area contributed by atoms with E-state index in [4.69, 9.17) is 16.3 Å². The Kier molecular flexibility index (Phi) is 8.72. The summed E-state index contributed by atoms with van der Waals surface area (Å²) in [5.74, 6) is 0.817. The molecule has 0 fully saturated rings. The Bertz CT molecular complexity index is 381. The van der Waals surface area contributed by atoms with Gasteiger partial charge in [0.05, 0.1) is 7.11 Å². The van der Waals surface area contributed by atoms with Crippen molar-refractivity contribution in [3.63, 3.8) is 0 Å². The Balaban J connectivity index is 2.60. The van der Waals surface area contributed by atoms with Gasteiger partial charge in [-0.25, -0.2) is 0 Å². The molecule has 1 rings (SSSR count). The number of hydrogen-bond donors (Lipinski definition) is 1. The quantitative estimate of drug-likeness (QED) is 0.587. The molecule has 0 aliphatic heterocycles. The van der Waals surface area contributed by atoms with Crippen LogP contribution in [0.5, 0.6) is 5.75 Å². The zero-order valence-corrected chi connectivity index (χ0v) is 13.8. The Morgan fingerprint density at radius 2 is 1.90 bits per heavy atom. The van der Waals surface area contributed by atoms with E-state index in [-0.39, 0.29) is 0 Å². The highest BCUT2D eigenvalue weighted by Gasteiger charge is 2.14. The van der Waals surface area contributed by atoms with E-state index < -0.39 is 0 Å². The van der Waals surface area contributed by atoms with Crippen molar-refractivity contribution in [1.29, 1.82) is 0 Å².